The standard InChI is InChI=1S/C22H25BrF3NO4S2/c1-15-7-8-20(19(23)13-15)33(30,31)27-11-9-16(10-12-27)21(2,3)32(28,29)18-6-4-5-17(14-18)22(24,25)26/h4-8,13-14,16H,9-12H2,1-3H3. The van der Waals surface area contributed by atoms with Gasteiger partial charge in [-0.3, -0.25) is 0 Å². The summed E-state index contributed by atoms with van der Waals surface area (Å²) in [5.41, 5.74) is -0.120. The molecule has 0 radical (unpaired) electrons. The molecular formula is C22H25BrF3NO4S2. The van der Waals surface area contributed by atoms with E-state index in [9.17, 15) is 30.0 Å². The van der Waals surface area contributed by atoms with E-state index in [0.717, 1.165) is 17.7 Å². The molecule has 0 aromatic heterocycles. The van der Waals surface area contributed by atoms with Crippen molar-refractivity contribution in [1.29, 1.82) is 0 Å². The second-order valence-corrected chi connectivity index (χ2v) is 14.0. The molecule has 1 aliphatic rings. The molecule has 1 aliphatic heterocycles. The lowest BCUT2D eigenvalue weighted by Gasteiger charge is -2.39. The molecule has 0 bridgehead atoms. The van der Waals surface area contributed by atoms with Gasteiger partial charge < -0.3 is 0 Å². The maximum atomic E-state index is 13.3. The minimum Gasteiger partial charge on any atom is -0.223 e. The third-order valence-corrected chi connectivity index (χ3v) is 11.8. The summed E-state index contributed by atoms with van der Waals surface area (Å²) >= 11 is 3.30. The van der Waals surface area contributed by atoms with Gasteiger partial charge in [-0.05, 0) is 91.4 Å². The van der Waals surface area contributed by atoms with Gasteiger partial charge in [0.25, 0.3) is 0 Å². The van der Waals surface area contributed by atoms with Crippen LogP contribution in [0.3, 0.4) is 0 Å². The Morgan fingerprint density at radius 3 is 2.12 bits per heavy atom. The fourth-order valence-corrected chi connectivity index (χ4v) is 8.55. The molecule has 0 spiro atoms. The van der Waals surface area contributed by atoms with Crippen molar-refractivity contribution in [1.82, 2.24) is 4.31 Å². The molecule has 11 heteroatoms. The molecule has 33 heavy (non-hydrogen) atoms. The minimum absolute atomic E-state index is 0.120. The van der Waals surface area contributed by atoms with Crippen LogP contribution in [-0.4, -0.2) is 39.0 Å². The molecule has 2 aromatic rings. The fraction of sp³-hybridized carbons (Fsp3) is 0.455. The van der Waals surface area contributed by atoms with Crippen LogP contribution in [-0.2, 0) is 26.0 Å². The number of aryl methyl sites for hydroxylation is 1. The fourth-order valence-electron chi connectivity index (χ4n) is 4.11. The highest BCUT2D eigenvalue weighted by atomic mass is 79.9. The summed E-state index contributed by atoms with van der Waals surface area (Å²) in [6.45, 7) is 5.07. The largest absolute Gasteiger partial charge is 0.416 e. The maximum absolute atomic E-state index is 13.3. The Morgan fingerprint density at radius 1 is 0.970 bits per heavy atom. The van der Waals surface area contributed by atoms with Crippen molar-refractivity contribution in [2.24, 2.45) is 5.92 Å². The number of halogens is 4. The molecule has 0 saturated carbocycles. The normalized spacial score (nSPS) is 17.3. The highest BCUT2D eigenvalue weighted by Crippen LogP contribution is 2.40. The van der Waals surface area contributed by atoms with Gasteiger partial charge in [0.15, 0.2) is 9.84 Å². The second kappa shape index (κ2) is 8.98. The van der Waals surface area contributed by atoms with Gasteiger partial charge in [0.1, 0.15) is 0 Å². The zero-order chi connectivity index (χ0) is 24.8. The Kier molecular flexibility index (Phi) is 7.12. The van der Waals surface area contributed by atoms with E-state index in [1.807, 2.05) is 6.92 Å². The summed E-state index contributed by atoms with van der Waals surface area (Å²) in [4.78, 5) is -0.247. The average molecular weight is 568 g/mol. The molecule has 5 nitrogen and oxygen atoms in total. The molecule has 2 aromatic carbocycles. The average Bonchev–Trinajstić information content (AvgIpc) is 2.73. The smallest absolute Gasteiger partial charge is 0.223 e. The van der Waals surface area contributed by atoms with Crippen molar-refractivity contribution in [3.63, 3.8) is 0 Å². The molecule has 0 atom stereocenters. The van der Waals surface area contributed by atoms with Gasteiger partial charge >= 0.3 is 6.18 Å². The van der Waals surface area contributed by atoms with Crippen LogP contribution in [0.1, 0.15) is 37.8 Å². The molecule has 1 fully saturated rings. The van der Waals surface area contributed by atoms with Gasteiger partial charge in [0, 0.05) is 17.6 Å². The Hall–Kier alpha value is -1.43. The zero-order valence-corrected chi connectivity index (χ0v) is 21.6. The molecular weight excluding hydrogens is 543 g/mol. The first-order valence-electron chi connectivity index (χ1n) is 10.3. The third kappa shape index (κ3) is 5.01. The number of alkyl halides is 3. The predicted molar refractivity (Wildman–Crippen MR) is 123 cm³/mol. The highest BCUT2D eigenvalue weighted by Gasteiger charge is 2.45. The van der Waals surface area contributed by atoms with E-state index in [1.165, 1.54) is 30.3 Å². The van der Waals surface area contributed by atoms with Crippen molar-refractivity contribution in [3.05, 3.63) is 58.1 Å². The molecule has 3 rings (SSSR count). The predicted octanol–water partition coefficient (Wildman–Crippen LogP) is 5.43. The van der Waals surface area contributed by atoms with Crippen LogP contribution in [0, 0.1) is 12.8 Å². The number of nitrogens with zero attached hydrogens (tertiary/aromatic N) is 1. The molecule has 0 unspecified atom stereocenters. The lowest BCUT2D eigenvalue weighted by atomic mass is 9.86. The van der Waals surface area contributed by atoms with E-state index in [-0.39, 0.29) is 35.7 Å². The Morgan fingerprint density at radius 2 is 1.58 bits per heavy atom. The van der Waals surface area contributed by atoms with Gasteiger partial charge in [-0.25, -0.2) is 16.8 Å². The van der Waals surface area contributed by atoms with Crippen molar-refractivity contribution in [3.8, 4) is 0 Å². The van der Waals surface area contributed by atoms with Crippen molar-refractivity contribution in [2.45, 2.75) is 54.3 Å². The SMILES string of the molecule is Cc1ccc(S(=O)(=O)N2CCC(C(C)(C)S(=O)(=O)c3cccc(C(F)(F)F)c3)CC2)c(Br)c1. The molecule has 1 heterocycles. The van der Waals surface area contributed by atoms with Gasteiger partial charge in [-0.1, -0.05) is 12.1 Å². The topological polar surface area (TPSA) is 71.5 Å². The highest BCUT2D eigenvalue weighted by molar-refractivity contribution is 9.10. The number of hydrogen-bond acceptors (Lipinski definition) is 4. The summed E-state index contributed by atoms with van der Waals surface area (Å²) in [6.07, 6.45) is -4.11. The van der Waals surface area contributed by atoms with Gasteiger partial charge in [-0.15, -0.1) is 0 Å². The molecule has 0 aliphatic carbocycles. The van der Waals surface area contributed by atoms with E-state index >= 15 is 0 Å². The Labute approximate surface area is 201 Å². The molecule has 0 amide bonds. The van der Waals surface area contributed by atoms with Gasteiger partial charge in [0.2, 0.25) is 10.0 Å². The lowest BCUT2D eigenvalue weighted by molar-refractivity contribution is -0.137. The Bertz CT molecular complexity index is 1250. The van der Waals surface area contributed by atoms with E-state index in [0.29, 0.717) is 10.5 Å². The second-order valence-electron chi connectivity index (χ2n) is 8.74. The van der Waals surface area contributed by atoms with Crippen LogP contribution in [0.2, 0.25) is 0 Å². The summed E-state index contributed by atoms with van der Waals surface area (Å²) in [5, 5.41) is 0. The molecule has 1 saturated heterocycles. The monoisotopic (exact) mass is 567 g/mol. The van der Waals surface area contributed by atoms with Crippen LogP contribution >= 0.6 is 15.9 Å². The quantitative estimate of drug-likeness (QED) is 0.483. The maximum Gasteiger partial charge on any atom is 0.416 e. The summed E-state index contributed by atoms with van der Waals surface area (Å²) < 4.78 is 92.5. The number of benzene rings is 2. The van der Waals surface area contributed by atoms with E-state index in [4.69, 9.17) is 0 Å². The van der Waals surface area contributed by atoms with Crippen molar-refractivity contribution < 1.29 is 30.0 Å². The lowest BCUT2D eigenvalue weighted by Crippen LogP contribution is -2.47. The zero-order valence-electron chi connectivity index (χ0n) is 18.4. The third-order valence-electron chi connectivity index (χ3n) is 6.31. The molecule has 0 N–H and O–H groups in total. The number of hydrogen-bond donors (Lipinski definition) is 0. The Balaban J connectivity index is 1.82. The van der Waals surface area contributed by atoms with Crippen LogP contribution in [0.15, 0.2) is 56.7 Å². The summed E-state index contributed by atoms with van der Waals surface area (Å²) in [6, 6.07) is 8.69. The van der Waals surface area contributed by atoms with Crippen molar-refractivity contribution >= 4 is 35.8 Å². The number of piperidine rings is 1. The van der Waals surface area contributed by atoms with Gasteiger partial charge in [0.05, 0.1) is 20.1 Å². The first-order chi connectivity index (χ1) is 15.1. The number of sulfone groups is 1. The van der Waals surface area contributed by atoms with Crippen LogP contribution in [0.4, 0.5) is 13.2 Å². The van der Waals surface area contributed by atoms with Crippen LogP contribution in [0.25, 0.3) is 0 Å². The van der Waals surface area contributed by atoms with E-state index in [1.54, 1.807) is 12.1 Å². The van der Waals surface area contributed by atoms with Crippen LogP contribution < -0.4 is 0 Å². The summed E-state index contributed by atoms with van der Waals surface area (Å²) in [7, 11) is -7.89. The van der Waals surface area contributed by atoms with Gasteiger partial charge in [-0.2, -0.15) is 17.5 Å². The van der Waals surface area contributed by atoms with Crippen LogP contribution in [0.5, 0.6) is 0 Å². The number of rotatable bonds is 5. The minimum atomic E-state index is -4.65. The summed E-state index contributed by atoms with van der Waals surface area (Å²) in [5.74, 6) is -0.426. The first kappa shape index (κ1) is 26.2. The molecule has 182 valence electrons. The van der Waals surface area contributed by atoms with E-state index < -0.39 is 42.3 Å². The van der Waals surface area contributed by atoms with Crippen molar-refractivity contribution in [2.75, 3.05) is 13.1 Å². The number of sulfonamides is 1. The first-order valence-corrected chi connectivity index (χ1v) is 14.0. The van der Waals surface area contributed by atoms with E-state index in [2.05, 4.69) is 15.9 Å².